The molecule has 2 rings (SSSR count). The molecule has 0 aliphatic heterocycles. The van der Waals surface area contributed by atoms with Gasteiger partial charge in [0.25, 0.3) is 0 Å². The minimum Gasteiger partial charge on any atom is -0.207 e. The second-order valence-corrected chi connectivity index (χ2v) is 8.26. The van der Waals surface area contributed by atoms with Crippen LogP contribution in [0.2, 0.25) is 0 Å². The van der Waals surface area contributed by atoms with E-state index in [1.165, 1.54) is 35.7 Å². The van der Waals surface area contributed by atoms with Crippen molar-refractivity contribution in [3.05, 3.63) is 28.5 Å². The molecule has 1 aromatic carbocycles. The number of sulfonamides is 1. The van der Waals surface area contributed by atoms with Gasteiger partial charge in [0, 0.05) is 13.6 Å². The average Bonchev–Trinajstić information content (AvgIpc) is 2.42. The Morgan fingerprint density at radius 3 is 2.55 bits per heavy atom. The van der Waals surface area contributed by atoms with E-state index in [1.807, 2.05) is 0 Å². The van der Waals surface area contributed by atoms with Crippen LogP contribution < -0.4 is 0 Å². The van der Waals surface area contributed by atoms with Crippen LogP contribution in [-0.2, 0) is 10.0 Å². The van der Waals surface area contributed by atoms with Crippen LogP contribution in [-0.4, -0.2) is 26.3 Å². The van der Waals surface area contributed by atoms with Gasteiger partial charge in [-0.2, -0.15) is 0 Å². The highest BCUT2D eigenvalue weighted by Crippen LogP contribution is 2.27. The van der Waals surface area contributed by atoms with Gasteiger partial charge in [0.15, 0.2) is 0 Å². The molecule has 112 valence electrons. The minimum absolute atomic E-state index is 0.0107. The predicted molar refractivity (Wildman–Crippen MR) is 80.5 cm³/mol. The molecule has 0 unspecified atom stereocenters. The summed E-state index contributed by atoms with van der Waals surface area (Å²) in [7, 11) is -2.03. The molecule has 20 heavy (non-hydrogen) atoms. The van der Waals surface area contributed by atoms with Gasteiger partial charge in [0.2, 0.25) is 10.0 Å². The molecule has 3 nitrogen and oxygen atoms in total. The van der Waals surface area contributed by atoms with Crippen LogP contribution in [0.5, 0.6) is 0 Å². The molecular weight excluding hydrogens is 345 g/mol. The standard InChI is InChI=1S/C14H19BrFNO2S/c1-17(10-11-5-3-2-4-6-11)20(18,19)12-7-8-13(15)14(16)9-12/h7-9,11H,2-6,10H2,1H3. The second kappa shape index (κ2) is 6.54. The molecule has 0 saturated heterocycles. The van der Waals surface area contributed by atoms with Gasteiger partial charge < -0.3 is 0 Å². The van der Waals surface area contributed by atoms with Gasteiger partial charge in [-0.05, 0) is 52.9 Å². The lowest BCUT2D eigenvalue weighted by atomic mass is 9.89. The first-order valence-electron chi connectivity index (χ1n) is 6.82. The Morgan fingerprint density at radius 1 is 1.30 bits per heavy atom. The van der Waals surface area contributed by atoms with E-state index < -0.39 is 15.8 Å². The maximum absolute atomic E-state index is 13.5. The zero-order chi connectivity index (χ0) is 14.8. The first kappa shape index (κ1) is 15.9. The lowest BCUT2D eigenvalue weighted by Gasteiger charge is -2.26. The molecule has 0 N–H and O–H groups in total. The Bertz CT molecular complexity index is 571. The first-order valence-corrected chi connectivity index (χ1v) is 9.06. The third-order valence-corrected chi connectivity index (χ3v) is 6.30. The zero-order valence-corrected chi connectivity index (χ0v) is 13.9. The van der Waals surface area contributed by atoms with E-state index in [0.29, 0.717) is 12.5 Å². The van der Waals surface area contributed by atoms with Gasteiger partial charge in [-0.25, -0.2) is 17.1 Å². The molecule has 0 heterocycles. The number of rotatable bonds is 4. The van der Waals surface area contributed by atoms with E-state index in [0.717, 1.165) is 18.9 Å². The largest absolute Gasteiger partial charge is 0.242 e. The molecule has 0 bridgehead atoms. The van der Waals surface area contributed by atoms with Crippen molar-refractivity contribution in [3.8, 4) is 0 Å². The molecule has 0 aromatic heterocycles. The van der Waals surface area contributed by atoms with Crippen molar-refractivity contribution in [1.29, 1.82) is 0 Å². The van der Waals surface area contributed by atoms with Crippen molar-refractivity contribution in [3.63, 3.8) is 0 Å². The topological polar surface area (TPSA) is 37.4 Å². The van der Waals surface area contributed by atoms with Crippen LogP contribution in [0.3, 0.4) is 0 Å². The van der Waals surface area contributed by atoms with E-state index in [4.69, 9.17) is 0 Å². The van der Waals surface area contributed by atoms with Crippen LogP contribution in [0.1, 0.15) is 32.1 Å². The van der Waals surface area contributed by atoms with Gasteiger partial charge in [0.05, 0.1) is 9.37 Å². The third-order valence-electron chi connectivity index (χ3n) is 3.84. The quantitative estimate of drug-likeness (QED) is 0.815. The summed E-state index contributed by atoms with van der Waals surface area (Å²) in [6.07, 6.45) is 5.74. The summed E-state index contributed by atoms with van der Waals surface area (Å²) >= 11 is 3.03. The van der Waals surface area contributed by atoms with Crippen LogP contribution in [0, 0.1) is 11.7 Å². The molecule has 6 heteroatoms. The summed E-state index contributed by atoms with van der Waals surface area (Å²) in [6.45, 7) is 0.514. The molecular formula is C14H19BrFNO2S. The molecule has 0 radical (unpaired) electrons. The monoisotopic (exact) mass is 363 g/mol. The zero-order valence-electron chi connectivity index (χ0n) is 11.5. The average molecular weight is 364 g/mol. The van der Waals surface area contributed by atoms with Crippen molar-refractivity contribution in [1.82, 2.24) is 4.31 Å². The normalized spacial score (nSPS) is 17.6. The molecule has 0 atom stereocenters. The van der Waals surface area contributed by atoms with Crippen LogP contribution in [0.15, 0.2) is 27.6 Å². The van der Waals surface area contributed by atoms with Crippen LogP contribution in [0.25, 0.3) is 0 Å². The summed E-state index contributed by atoms with van der Waals surface area (Å²) in [5, 5.41) is 0. The van der Waals surface area contributed by atoms with E-state index in [2.05, 4.69) is 15.9 Å². The molecule has 1 aromatic rings. The summed E-state index contributed by atoms with van der Waals surface area (Å²) in [5.41, 5.74) is 0. The van der Waals surface area contributed by atoms with Crippen molar-refractivity contribution in [2.45, 2.75) is 37.0 Å². The van der Waals surface area contributed by atoms with E-state index in [1.54, 1.807) is 7.05 Å². The van der Waals surface area contributed by atoms with E-state index in [9.17, 15) is 12.8 Å². The SMILES string of the molecule is CN(CC1CCCCC1)S(=O)(=O)c1ccc(Br)c(F)c1. The number of nitrogens with zero attached hydrogens (tertiary/aromatic N) is 1. The van der Waals surface area contributed by atoms with E-state index in [-0.39, 0.29) is 9.37 Å². The van der Waals surface area contributed by atoms with Crippen molar-refractivity contribution in [2.24, 2.45) is 5.92 Å². The number of halogens is 2. The summed E-state index contributed by atoms with van der Waals surface area (Å²) in [6, 6.07) is 3.92. The van der Waals surface area contributed by atoms with Gasteiger partial charge in [-0.3, -0.25) is 0 Å². The highest BCUT2D eigenvalue weighted by molar-refractivity contribution is 9.10. The number of hydrogen-bond acceptors (Lipinski definition) is 2. The summed E-state index contributed by atoms with van der Waals surface area (Å²) in [5.74, 6) is -0.138. The van der Waals surface area contributed by atoms with Gasteiger partial charge in [0.1, 0.15) is 5.82 Å². The highest BCUT2D eigenvalue weighted by Gasteiger charge is 2.25. The fourth-order valence-corrected chi connectivity index (χ4v) is 4.15. The van der Waals surface area contributed by atoms with Crippen LogP contribution in [0.4, 0.5) is 4.39 Å². The first-order chi connectivity index (χ1) is 9.41. The van der Waals surface area contributed by atoms with Gasteiger partial charge >= 0.3 is 0 Å². The Kier molecular flexibility index (Phi) is 5.20. The molecule has 1 fully saturated rings. The molecule has 1 saturated carbocycles. The fourth-order valence-electron chi connectivity index (χ4n) is 2.65. The Hall–Kier alpha value is -0.460. The fraction of sp³-hybridized carbons (Fsp3) is 0.571. The summed E-state index contributed by atoms with van der Waals surface area (Å²) in [4.78, 5) is 0.0107. The smallest absolute Gasteiger partial charge is 0.207 e. The van der Waals surface area contributed by atoms with E-state index >= 15 is 0 Å². The maximum Gasteiger partial charge on any atom is 0.242 e. The van der Waals surface area contributed by atoms with Crippen molar-refractivity contribution < 1.29 is 12.8 Å². The Balaban J connectivity index is 2.13. The number of benzene rings is 1. The highest BCUT2D eigenvalue weighted by atomic mass is 79.9. The van der Waals surface area contributed by atoms with Gasteiger partial charge in [-0.15, -0.1) is 0 Å². The molecule has 0 amide bonds. The predicted octanol–water partition coefficient (Wildman–Crippen LogP) is 3.79. The number of hydrogen-bond donors (Lipinski definition) is 0. The Labute approximate surface area is 128 Å². The van der Waals surface area contributed by atoms with Gasteiger partial charge in [-0.1, -0.05) is 19.3 Å². The minimum atomic E-state index is -3.61. The lowest BCUT2D eigenvalue weighted by Crippen LogP contribution is -2.32. The second-order valence-electron chi connectivity index (χ2n) is 5.37. The molecule has 1 aliphatic carbocycles. The van der Waals surface area contributed by atoms with Crippen LogP contribution >= 0.6 is 15.9 Å². The third kappa shape index (κ3) is 3.59. The molecule has 0 spiro atoms. The van der Waals surface area contributed by atoms with Crippen molar-refractivity contribution in [2.75, 3.05) is 13.6 Å². The Morgan fingerprint density at radius 2 is 1.95 bits per heavy atom. The summed E-state index contributed by atoms with van der Waals surface area (Å²) < 4.78 is 40.0. The van der Waals surface area contributed by atoms with Crippen molar-refractivity contribution >= 4 is 26.0 Å². The maximum atomic E-state index is 13.5. The lowest BCUT2D eigenvalue weighted by molar-refractivity contribution is 0.300. The molecule has 1 aliphatic rings.